The maximum Gasteiger partial charge on any atom is 0.214 e. The van der Waals surface area contributed by atoms with Crippen molar-refractivity contribution < 1.29 is 14.4 Å². The second kappa shape index (κ2) is 9.67. The Bertz CT molecular complexity index is 601. The normalized spacial score (nSPS) is 10.7. The van der Waals surface area contributed by atoms with Crippen molar-refractivity contribution in [3.05, 3.63) is 69.8 Å². The Kier molecular flexibility index (Phi) is 7.26. The number of rotatable bonds is 10. The van der Waals surface area contributed by atoms with Gasteiger partial charge in [-0.15, -0.1) is 0 Å². The highest BCUT2D eigenvalue weighted by molar-refractivity contribution is 5.38. The average Bonchev–Trinajstić information content (AvgIpc) is 2.63. The van der Waals surface area contributed by atoms with Crippen LogP contribution in [0.4, 0.5) is 0 Å². The summed E-state index contributed by atoms with van der Waals surface area (Å²) in [6.07, 6.45) is 1.89. The van der Waals surface area contributed by atoms with Gasteiger partial charge in [0, 0.05) is 4.92 Å². The summed E-state index contributed by atoms with van der Waals surface area (Å²) in [5.41, 5.74) is 1.81. The van der Waals surface area contributed by atoms with Gasteiger partial charge in [-0.1, -0.05) is 38.1 Å². The lowest BCUT2D eigenvalue weighted by Gasteiger charge is -2.15. The zero-order valence-electron chi connectivity index (χ0n) is 14.8. The fraction of sp³-hybridized carbons (Fsp3) is 0.400. The Morgan fingerprint density at radius 3 is 1.56 bits per heavy atom. The molecular formula is C20H25NO4. The summed E-state index contributed by atoms with van der Waals surface area (Å²) in [6, 6.07) is 15.1. The zero-order valence-corrected chi connectivity index (χ0v) is 14.8. The molecular weight excluding hydrogens is 318 g/mol. The predicted octanol–water partition coefficient (Wildman–Crippen LogP) is 4.67. The summed E-state index contributed by atoms with van der Waals surface area (Å²) < 4.78 is 11.2. The van der Waals surface area contributed by atoms with Crippen LogP contribution in [-0.2, 0) is 0 Å². The first-order valence-electron chi connectivity index (χ1n) is 8.71. The molecule has 134 valence electrons. The SMILES string of the molecule is CCCOc1ccc(C(C[N+](=O)[O-])c2ccc(OCCC)cc2)cc1. The van der Waals surface area contributed by atoms with Gasteiger partial charge in [0.05, 0.1) is 19.1 Å². The van der Waals surface area contributed by atoms with Crippen LogP contribution in [0.3, 0.4) is 0 Å². The van der Waals surface area contributed by atoms with Crippen LogP contribution in [-0.4, -0.2) is 24.7 Å². The first kappa shape index (κ1) is 18.8. The predicted molar refractivity (Wildman–Crippen MR) is 98.2 cm³/mol. The molecule has 0 fully saturated rings. The van der Waals surface area contributed by atoms with Crippen LogP contribution in [0.15, 0.2) is 48.5 Å². The van der Waals surface area contributed by atoms with Crippen LogP contribution in [0.1, 0.15) is 43.7 Å². The minimum atomic E-state index is -0.296. The molecule has 0 spiro atoms. The second-order valence-corrected chi connectivity index (χ2v) is 5.90. The maximum atomic E-state index is 11.1. The monoisotopic (exact) mass is 343 g/mol. The van der Waals surface area contributed by atoms with E-state index in [4.69, 9.17) is 9.47 Å². The number of benzene rings is 2. The van der Waals surface area contributed by atoms with E-state index in [2.05, 4.69) is 13.8 Å². The van der Waals surface area contributed by atoms with Gasteiger partial charge in [-0.2, -0.15) is 0 Å². The Morgan fingerprint density at radius 2 is 1.24 bits per heavy atom. The Morgan fingerprint density at radius 1 is 0.840 bits per heavy atom. The summed E-state index contributed by atoms with van der Waals surface area (Å²) in [4.78, 5) is 10.9. The van der Waals surface area contributed by atoms with Crippen molar-refractivity contribution in [3.8, 4) is 11.5 Å². The quantitative estimate of drug-likeness (QED) is 0.464. The molecule has 0 heterocycles. The molecule has 2 rings (SSSR count). The van der Waals surface area contributed by atoms with Crippen LogP contribution in [0.25, 0.3) is 0 Å². The van der Waals surface area contributed by atoms with Crippen molar-refractivity contribution in [3.63, 3.8) is 0 Å². The van der Waals surface area contributed by atoms with Crippen molar-refractivity contribution in [1.29, 1.82) is 0 Å². The van der Waals surface area contributed by atoms with Crippen molar-refractivity contribution >= 4 is 0 Å². The number of hydrogen-bond acceptors (Lipinski definition) is 4. The van der Waals surface area contributed by atoms with E-state index in [9.17, 15) is 10.1 Å². The van der Waals surface area contributed by atoms with Crippen molar-refractivity contribution in [2.24, 2.45) is 0 Å². The van der Waals surface area contributed by atoms with Crippen LogP contribution in [0.5, 0.6) is 11.5 Å². The molecule has 0 saturated heterocycles. The molecule has 2 aromatic rings. The smallest absolute Gasteiger partial charge is 0.214 e. The number of hydrogen-bond donors (Lipinski definition) is 0. The Hall–Kier alpha value is -2.56. The van der Waals surface area contributed by atoms with Crippen molar-refractivity contribution in [2.45, 2.75) is 32.6 Å². The number of ether oxygens (including phenoxy) is 2. The van der Waals surface area contributed by atoms with E-state index in [0.717, 1.165) is 35.5 Å². The molecule has 0 bridgehead atoms. The van der Waals surface area contributed by atoms with E-state index in [1.807, 2.05) is 48.5 Å². The van der Waals surface area contributed by atoms with Crippen LogP contribution in [0, 0.1) is 10.1 Å². The van der Waals surface area contributed by atoms with Gasteiger partial charge in [0.1, 0.15) is 11.5 Å². The van der Waals surface area contributed by atoms with E-state index in [1.54, 1.807) is 0 Å². The third kappa shape index (κ3) is 5.78. The molecule has 5 heteroatoms. The van der Waals surface area contributed by atoms with Gasteiger partial charge in [-0.25, -0.2) is 0 Å². The molecule has 0 radical (unpaired) electrons. The standard InChI is InChI=1S/C20H25NO4/c1-3-13-24-18-9-5-16(6-10-18)20(15-21(22)23)17-7-11-19(12-8-17)25-14-4-2/h5-12,20H,3-4,13-15H2,1-2H3. The zero-order chi connectivity index (χ0) is 18.1. The molecule has 0 aliphatic rings. The van der Waals surface area contributed by atoms with Crippen molar-refractivity contribution in [1.82, 2.24) is 0 Å². The lowest BCUT2D eigenvalue weighted by atomic mass is 9.91. The minimum absolute atomic E-state index is 0.148. The molecule has 0 aliphatic heterocycles. The van der Waals surface area contributed by atoms with E-state index in [-0.39, 0.29) is 17.4 Å². The Labute approximate surface area is 148 Å². The first-order chi connectivity index (χ1) is 12.1. The molecule has 0 aliphatic carbocycles. The molecule has 0 unspecified atom stereocenters. The molecule has 0 aromatic heterocycles. The van der Waals surface area contributed by atoms with E-state index in [1.165, 1.54) is 0 Å². The first-order valence-corrected chi connectivity index (χ1v) is 8.71. The van der Waals surface area contributed by atoms with Crippen molar-refractivity contribution in [2.75, 3.05) is 19.8 Å². The van der Waals surface area contributed by atoms with Crippen LogP contribution < -0.4 is 9.47 Å². The van der Waals surface area contributed by atoms with E-state index >= 15 is 0 Å². The molecule has 0 N–H and O–H groups in total. The third-order valence-corrected chi connectivity index (χ3v) is 3.84. The van der Waals surface area contributed by atoms with Gasteiger partial charge >= 0.3 is 0 Å². The lowest BCUT2D eigenvalue weighted by Crippen LogP contribution is -2.14. The molecule has 0 atom stereocenters. The highest BCUT2D eigenvalue weighted by Gasteiger charge is 2.20. The summed E-state index contributed by atoms with van der Waals surface area (Å²) in [7, 11) is 0. The molecule has 5 nitrogen and oxygen atoms in total. The highest BCUT2D eigenvalue weighted by atomic mass is 16.6. The molecule has 0 saturated carbocycles. The average molecular weight is 343 g/mol. The Balaban J connectivity index is 2.19. The molecule has 2 aromatic carbocycles. The molecule has 0 amide bonds. The summed E-state index contributed by atoms with van der Waals surface area (Å²) in [6.45, 7) is 5.28. The molecule has 25 heavy (non-hydrogen) atoms. The summed E-state index contributed by atoms with van der Waals surface area (Å²) >= 11 is 0. The van der Waals surface area contributed by atoms with Gasteiger partial charge in [-0.05, 0) is 48.2 Å². The largest absolute Gasteiger partial charge is 0.494 e. The van der Waals surface area contributed by atoms with Gasteiger partial charge < -0.3 is 9.47 Å². The fourth-order valence-electron chi connectivity index (χ4n) is 2.58. The minimum Gasteiger partial charge on any atom is -0.494 e. The van der Waals surface area contributed by atoms with Gasteiger partial charge in [0.25, 0.3) is 0 Å². The van der Waals surface area contributed by atoms with Crippen LogP contribution in [0.2, 0.25) is 0 Å². The maximum absolute atomic E-state index is 11.1. The fourth-order valence-corrected chi connectivity index (χ4v) is 2.58. The van der Waals surface area contributed by atoms with E-state index in [0.29, 0.717) is 13.2 Å². The van der Waals surface area contributed by atoms with Crippen LogP contribution >= 0.6 is 0 Å². The topological polar surface area (TPSA) is 61.6 Å². The second-order valence-electron chi connectivity index (χ2n) is 5.90. The number of nitro groups is 1. The van der Waals surface area contributed by atoms with E-state index < -0.39 is 0 Å². The number of nitrogens with zero attached hydrogens (tertiary/aromatic N) is 1. The van der Waals surface area contributed by atoms with Gasteiger partial charge in [-0.3, -0.25) is 10.1 Å². The third-order valence-electron chi connectivity index (χ3n) is 3.84. The highest BCUT2D eigenvalue weighted by Crippen LogP contribution is 2.28. The lowest BCUT2D eigenvalue weighted by molar-refractivity contribution is -0.481. The van der Waals surface area contributed by atoms with Gasteiger partial charge in [0.2, 0.25) is 6.54 Å². The van der Waals surface area contributed by atoms with Gasteiger partial charge in [0.15, 0.2) is 0 Å². The summed E-state index contributed by atoms with van der Waals surface area (Å²) in [5.74, 6) is 1.28. The summed E-state index contributed by atoms with van der Waals surface area (Å²) in [5, 5.41) is 11.1.